The number of halogens is 2. The number of nitrogens with one attached hydrogen (secondary N) is 2. The number of benzene rings is 2. The van der Waals surface area contributed by atoms with Crippen LogP contribution in [0.1, 0.15) is 5.56 Å². The topological polar surface area (TPSA) is 59.1 Å². The third-order valence-corrected chi connectivity index (χ3v) is 4.04. The Balaban J connectivity index is 1.66. The second-order valence-corrected chi connectivity index (χ2v) is 6.08. The van der Waals surface area contributed by atoms with E-state index in [1.165, 1.54) is 6.33 Å². The van der Waals surface area contributed by atoms with Crippen molar-refractivity contribution in [2.75, 3.05) is 17.7 Å². The zero-order chi connectivity index (χ0) is 17.6. The molecule has 7 heteroatoms. The van der Waals surface area contributed by atoms with Crippen molar-refractivity contribution in [1.29, 1.82) is 0 Å². The highest BCUT2D eigenvalue weighted by molar-refractivity contribution is 6.36. The predicted octanol–water partition coefficient (Wildman–Crippen LogP) is 5.15. The summed E-state index contributed by atoms with van der Waals surface area (Å²) in [4.78, 5) is 8.43. The van der Waals surface area contributed by atoms with Gasteiger partial charge in [-0.05, 0) is 35.9 Å². The first-order valence-electron chi connectivity index (χ1n) is 7.55. The molecule has 0 spiro atoms. The van der Waals surface area contributed by atoms with E-state index in [0.29, 0.717) is 28.2 Å². The number of rotatable bonds is 6. The summed E-state index contributed by atoms with van der Waals surface area (Å²) in [5.74, 6) is 2.17. The summed E-state index contributed by atoms with van der Waals surface area (Å²) >= 11 is 12.1. The lowest BCUT2D eigenvalue weighted by atomic mass is 10.2. The first-order chi connectivity index (χ1) is 12.1. The Hall–Kier alpha value is -2.50. The number of anilines is 3. The summed E-state index contributed by atoms with van der Waals surface area (Å²) in [5.41, 5.74) is 1.85. The van der Waals surface area contributed by atoms with Crippen LogP contribution < -0.4 is 15.4 Å². The Labute approximate surface area is 156 Å². The Bertz CT molecular complexity index is 856. The number of nitrogens with zero attached hydrogens (tertiary/aromatic N) is 2. The number of ether oxygens (including phenoxy) is 1. The smallest absolute Gasteiger partial charge is 0.135 e. The van der Waals surface area contributed by atoms with Gasteiger partial charge in [0.05, 0.1) is 17.8 Å². The van der Waals surface area contributed by atoms with Crippen LogP contribution in [0.15, 0.2) is 54.9 Å². The van der Waals surface area contributed by atoms with Crippen molar-refractivity contribution in [3.63, 3.8) is 0 Å². The van der Waals surface area contributed by atoms with Crippen LogP contribution >= 0.6 is 23.2 Å². The minimum atomic E-state index is 0.527. The minimum absolute atomic E-state index is 0.527. The molecule has 0 aliphatic rings. The van der Waals surface area contributed by atoms with E-state index >= 15 is 0 Å². The van der Waals surface area contributed by atoms with Gasteiger partial charge in [0.15, 0.2) is 0 Å². The number of hydrogen-bond donors (Lipinski definition) is 2. The number of aromatic nitrogens is 2. The molecule has 1 aromatic heterocycles. The van der Waals surface area contributed by atoms with Crippen molar-refractivity contribution < 1.29 is 4.74 Å². The van der Waals surface area contributed by atoms with Gasteiger partial charge in [-0.1, -0.05) is 35.3 Å². The molecule has 0 saturated carbocycles. The van der Waals surface area contributed by atoms with Gasteiger partial charge in [-0.3, -0.25) is 0 Å². The van der Waals surface area contributed by atoms with Gasteiger partial charge in [0, 0.05) is 17.6 Å². The van der Waals surface area contributed by atoms with Crippen LogP contribution in [0.3, 0.4) is 0 Å². The highest BCUT2D eigenvalue weighted by atomic mass is 35.5. The van der Waals surface area contributed by atoms with E-state index in [4.69, 9.17) is 27.9 Å². The molecule has 3 aromatic rings. The fourth-order valence-corrected chi connectivity index (χ4v) is 2.64. The van der Waals surface area contributed by atoms with E-state index < -0.39 is 0 Å². The lowest BCUT2D eigenvalue weighted by Gasteiger charge is -2.10. The molecule has 25 heavy (non-hydrogen) atoms. The molecule has 3 rings (SSSR count). The molecule has 0 fully saturated rings. The molecule has 1 heterocycles. The first-order valence-corrected chi connectivity index (χ1v) is 8.30. The molecule has 0 saturated heterocycles. The largest absolute Gasteiger partial charge is 0.497 e. The standard InChI is InChI=1S/C18H16Cl2N4O/c1-25-14-5-2-12(3-6-14)10-21-17-9-18(23-11-22-17)24-16-7-4-13(19)8-15(16)20/h2-9,11H,10H2,1H3,(H2,21,22,23,24). The van der Waals surface area contributed by atoms with E-state index in [-0.39, 0.29) is 0 Å². The highest BCUT2D eigenvalue weighted by Gasteiger charge is 2.04. The van der Waals surface area contributed by atoms with Gasteiger partial charge in [0.25, 0.3) is 0 Å². The maximum Gasteiger partial charge on any atom is 0.135 e. The molecule has 0 bridgehead atoms. The van der Waals surface area contributed by atoms with E-state index in [1.807, 2.05) is 30.3 Å². The molecule has 128 valence electrons. The lowest BCUT2D eigenvalue weighted by molar-refractivity contribution is 0.414. The Kier molecular flexibility index (Phi) is 5.58. The van der Waals surface area contributed by atoms with E-state index in [9.17, 15) is 0 Å². The van der Waals surface area contributed by atoms with Crippen LogP contribution in [0, 0.1) is 0 Å². The fourth-order valence-electron chi connectivity index (χ4n) is 2.19. The van der Waals surface area contributed by atoms with E-state index in [2.05, 4.69) is 20.6 Å². The zero-order valence-corrected chi connectivity index (χ0v) is 15.0. The van der Waals surface area contributed by atoms with Crippen molar-refractivity contribution >= 4 is 40.5 Å². The van der Waals surface area contributed by atoms with E-state index in [0.717, 1.165) is 17.0 Å². The van der Waals surface area contributed by atoms with Crippen molar-refractivity contribution in [3.05, 3.63) is 70.5 Å². The third kappa shape index (κ3) is 4.75. The second kappa shape index (κ2) is 8.05. The predicted molar refractivity (Wildman–Crippen MR) is 102 cm³/mol. The molecule has 0 unspecified atom stereocenters. The van der Waals surface area contributed by atoms with Gasteiger partial charge >= 0.3 is 0 Å². The molecular weight excluding hydrogens is 359 g/mol. The molecule has 0 aliphatic carbocycles. The SMILES string of the molecule is COc1ccc(CNc2cc(Nc3ccc(Cl)cc3Cl)ncn2)cc1. The van der Waals surface area contributed by atoms with Gasteiger partial charge in [0.1, 0.15) is 23.7 Å². The molecule has 2 N–H and O–H groups in total. The van der Waals surface area contributed by atoms with Crippen LogP contribution in [0.4, 0.5) is 17.3 Å². The van der Waals surface area contributed by atoms with E-state index in [1.54, 1.807) is 25.3 Å². The Morgan fingerprint density at radius 1 is 0.960 bits per heavy atom. The average molecular weight is 375 g/mol. The molecule has 5 nitrogen and oxygen atoms in total. The summed E-state index contributed by atoms with van der Waals surface area (Å²) in [6.07, 6.45) is 1.49. The normalized spacial score (nSPS) is 10.4. The molecule has 0 radical (unpaired) electrons. The highest BCUT2D eigenvalue weighted by Crippen LogP contribution is 2.28. The van der Waals surface area contributed by atoms with Crippen LogP contribution in [0.5, 0.6) is 5.75 Å². The monoisotopic (exact) mass is 374 g/mol. The molecule has 2 aromatic carbocycles. The fraction of sp³-hybridized carbons (Fsp3) is 0.111. The number of hydrogen-bond acceptors (Lipinski definition) is 5. The van der Waals surface area contributed by atoms with Gasteiger partial charge in [0.2, 0.25) is 0 Å². The molecule has 0 atom stereocenters. The Morgan fingerprint density at radius 2 is 1.72 bits per heavy atom. The van der Waals surface area contributed by atoms with Gasteiger partial charge in [-0.25, -0.2) is 9.97 Å². The first kappa shape index (κ1) is 17.3. The van der Waals surface area contributed by atoms with Crippen LogP contribution in [0.25, 0.3) is 0 Å². The lowest BCUT2D eigenvalue weighted by Crippen LogP contribution is -2.03. The summed E-state index contributed by atoms with van der Waals surface area (Å²) < 4.78 is 5.15. The van der Waals surface area contributed by atoms with Gasteiger partial charge < -0.3 is 15.4 Å². The zero-order valence-electron chi connectivity index (χ0n) is 13.5. The van der Waals surface area contributed by atoms with Crippen molar-refractivity contribution in [3.8, 4) is 5.75 Å². The maximum absolute atomic E-state index is 6.17. The summed E-state index contributed by atoms with van der Waals surface area (Å²) in [7, 11) is 1.65. The van der Waals surface area contributed by atoms with Gasteiger partial charge in [-0.15, -0.1) is 0 Å². The van der Waals surface area contributed by atoms with Crippen molar-refractivity contribution in [1.82, 2.24) is 9.97 Å². The molecule has 0 amide bonds. The summed E-state index contributed by atoms with van der Waals surface area (Å²) in [6.45, 7) is 0.641. The van der Waals surface area contributed by atoms with Crippen molar-refractivity contribution in [2.45, 2.75) is 6.54 Å². The summed E-state index contributed by atoms with van der Waals surface area (Å²) in [6, 6.07) is 14.9. The van der Waals surface area contributed by atoms with Crippen molar-refractivity contribution in [2.24, 2.45) is 0 Å². The molecular formula is C18H16Cl2N4O. The maximum atomic E-state index is 6.17. The van der Waals surface area contributed by atoms with Crippen LogP contribution in [-0.4, -0.2) is 17.1 Å². The van der Waals surface area contributed by atoms with Gasteiger partial charge in [-0.2, -0.15) is 0 Å². The average Bonchev–Trinajstić information content (AvgIpc) is 2.63. The molecule has 0 aliphatic heterocycles. The second-order valence-electron chi connectivity index (χ2n) is 5.24. The minimum Gasteiger partial charge on any atom is -0.497 e. The summed E-state index contributed by atoms with van der Waals surface area (Å²) in [5, 5.41) is 7.53. The Morgan fingerprint density at radius 3 is 2.44 bits per heavy atom. The van der Waals surface area contributed by atoms with Crippen LogP contribution in [-0.2, 0) is 6.54 Å². The third-order valence-electron chi connectivity index (χ3n) is 3.49. The van der Waals surface area contributed by atoms with Crippen LogP contribution in [0.2, 0.25) is 10.0 Å². The number of methoxy groups -OCH3 is 1. The quantitative estimate of drug-likeness (QED) is 0.624.